The van der Waals surface area contributed by atoms with Crippen LogP contribution in [0.2, 0.25) is 0 Å². The van der Waals surface area contributed by atoms with Crippen molar-refractivity contribution in [3.8, 4) is 0 Å². The Morgan fingerprint density at radius 3 is 2.85 bits per heavy atom. The predicted molar refractivity (Wildman–Crippen MR) is 56.8 cm³/mol. The molecule has 0 saturated carbocycles. The lowest BCUT2D eigenvalue weighted by Gasteiger charge is -2.10. The van der Waals surface area contributed by atoms with E-state index in [0.29, 0.717) is 0 Å². The molecular weight excluding hydrogens is 158 g/mol. The minimum Gasteiger partial charge on any atom is -0.261 e. The van der Waals surface area contributed by atoms with Gasteiger partial charge in [0.05, 0.1) is 0 Å². The Bertz CT molecular complexity index is 255. The first-order valence-corrected chi connectivity index (χ1v) is 5.14. The van der Waals surface area contributed by atoms with Gasteiger partial charge in [-0.05, 0) is 30.9 Å². The van der Waals surface area contributed by atoms with Gasteiger partial charge in [-0.15, -0.1) is 0 Å². The molecule has 0 N–H and O–H groups in total. The summed E-state index contributed by atoms with van der Waals surface area (Å²) in [6.45, 7) is 6.68. The molecule has 0 aliphatic heterocycles. The number of aromatic nitrogens is 1. The van der Waals surface area contributed by atoms with Crippen molar-refractivity contribution >= 4 is 0 Å². The molecule has 1 heterocycles. The zero-order valence-corrected chi connectivity index (χ0v) is 8.88. The van der Waals surface area contributed by atoms with Crippen molar-refractivity contribution in [3.05, 3.63) is 29.6 Å². The topological polar surface area (TPSA) is 12.9 Å². The lowest BCUT2D eigenvalue weighted by atomic mass is 9.98. The summed E-state index contributed by atoms with van der Waals surface area (Å²) in [5.74, 6) is 0.763. The lowest BCUT2D eigenvalue weighted by molar-refractivity contribution is 0.515. The zero-order chi connectivity index (χ0) is 9.68. The van der Waals surface area contributed by atoms with Gasteiger partial charge >= 0.3 is 0 Å². The Labute approximate surface area is 81.2 Å². The largest absolute Gasteiger partial charge is 0.261 e. The third-order valence-electron chi connectivity index (χ3n) is 2.44. The van der Waals surface area contributed by atoms with E-state index in [1.165, 1.54) is 24.1 Å². The summed E-state index contributed by atoms with van der Waals surface area (Å²) < 4.78 is 0. The quantitative estimate of drug-likeness (QED) is 0.687. The van der Waals surface area contributed by atoms with Crippen LogP contribution in [0.4, 0.5) is 0 Å². The van der Waals surface area contributed by atoms with E-state index in [4.69, 9.17) is 0 Å². The average Bonchev–Trinajstić information content (AvgIpc) is 2.09. The highest BCUT2D eigenvalue weighted by atomic mass is 14.7. The second-order valence-corrected chi connectivity index (χ2v) is 3.86. The van der Waals surface area contributed by atoms with E-state index >= 15 is 0 Å². The van der Waals surface area contributed by atoms with Crippen LogP contribution in [0, 0.1) is 12.8 Å². The molecule has 1 nitrogen and oxygen atoms in total. The summed E-state index contributed by atoms with van der Waals surface area (Å²) in [6, 6.07) is 4.14. The second-order valence-electron chi connectivity index (χ2n) is 3.86. The summed E-state index contributed by atoms with van der Waals surface area (Å²) in [7, 11) is 0. The Hall–Kier alpha value is -0.850. The molecule has 1 heteroatoms. The molecule has 72 valence electrons. The first-order valence-electron chi connectivity index (χ1n) is 5.14. The van der Waals surface area contributed by atoms with Crippen molar-refractivity contribution < 1.29 is 0 Å². The van der Waals surface area contributed by atoms with Crippen molar-refractivity contribution in [2.45, 2.75) is 40.0 Å². The second kappa shape index (κ2) is 5.00. The molecule has 1 atom stereocenters. The number of hydrogen-bond acceptors (Lipinski definition) is 1. The van der Waals surface area contributed by atoms with Crippen molar-refractivity contribution in [2.24, 2.45) is 5.92 Å². The maximum atomic E-state index is 4.40. The molecule has 0 amide bonds. The van der Waals surface area contributed by atoms with E-state index in [2.05, 4.69) is 31.8 Å². The molecule has 1 aromatic heterocycles. The Balaban J connectivity index is 2.58. The van der Waals surface area contributed by atoms with E-state index in [-0.39, 0.29) is 0 Å². The van der Waals surface area contributed by atoms with Crippen LogP contribution in [-0.4, -0.2) is 4.98 Å². The van der Waals surface area contributed by atoms with Gasteiger partial charge in [-0.3, -0.25) is 4.98 Å². The maximum Gasteiger partial charge on any atom is 0.0435 e. The summed E-state index contributed by atoms with van der Waals surface area (Å²) in [5, 5.41) is 0. The van der Waals surface area contributed by atoms with Gasteiger partial charge < -0.3 is 0 Å². The highest BCUT2D eigenvalue weighted by Crippen LogP contribution is 2.14. The third-order valence-corrected chi connectivity index (χ3v) is 2.44. The van der Waals surface area contributed by atoms with E-state index < -0.39 is 0 Å². The minimum atomic E-state index is 0.763. The molecule has 0 radical (unpaired) electrons. The molecule has 1 aromatic rings. The smallest absolute Gasteiger partial charge is 0.0435 e. The van der Waals surface area contributed by atoms with Crippen LogP contribution in [-0.2, 0) is 6.42 Å². The molecule has 0 unspecified atom stereocenters. The van der Waals surface area contributed by atoms with Crippen LogP contribution in [0.15, 0.2) is 18.3 Å². The molecule has 0 saturated heterocycles. The number of nitrogens with zero attached hydrogens (tertiary/aromatic N) is 1. The number of aryl methyl sites for hydroxylation is 1. The molecule has 0 fully saturated rings. The fraction of sp³-hybridized carbons (Fsp3) is 0.583. The Morgan fingerprint density at radius 1 is 1.46 bits per heavy atom. The SMILES string of the molecule is CCC[C@@H](C)Cc1ncccc1C. The zero-order valence-electron chi connectivity index (χ0n) is 8.88. The molecule has 0 aliphatic carbocycles. The van der Waals surface area contributed by atoms with Crippen molar-refractivity contribution in [1.82, 2.24) is 4.98 Å². The van der Waals surface area contributed by atoms with E-state index in [9.17, 15) is 0 Å². The lowest BCUT2D eigenvalue weighted by Crippen LogP contribution is -2.02. The Kier molecular flexibility index (Phi) is 3.94. The standard InChI is InChI=1S/C12H19N/c1-4-6-10(2)9-12-11(3)7-5-8-13-12/h5,7-8,10H,4,6,9H2,1-3H3/t10-/m1/s1. The molecule has 0 bridgehead atoms. The summed E-state index contributed by atoms with van der Waals surface area (Å²) in [5.41, 5.74) is 2.59. The van der Waals surface area contributed by atoms with Gasteiger partial charge in [0.2, 0.25) is 0 Å². The molecule has 1 rings (SSSR count). The van der Waals surface area contributed by atoms with Crippen LogP contribution >= 0.6 is 0 Å². The molecule has 0 aliphatic rings. The number of hydrogen-bond donors (Lipinski definition) is 0. The molecule has 13 heavy (non-hydrogen) atoms. The van der Waals surface area contributed by atoms with Crippen molar-refractivity contribution in [3.63, 3.8) is 0 Å². The number of rotatable bonds is 4. The van der Waals surface area contributed by atoms with E-state index in [1.54, 1.807) is 0 Å². The van der Waals surface area contributed by atoms with Crippen LogP contribution in [0.5, 0.6) is 0 Å². The normalized spacial score (nSPS) is 12.8. The van der Waals surface area contributed by atoms with Gasteiger partial charge in [0.1, 0.15) is 0 Å². The minimum absolute atomic E-state index is 0.763. The van der Waals surface area contributed by atoms with Gasteiger partial charge in [0, 0.05) is 11.9 Å². The van der Waals surface area contributed by atoms with E-state index in [1.807, 2.05) is 12.3 Å². The van der Waals surface area contributed by atoms with Gasteiger partial charge in [0.25, 0.3) is 0 Å². The Morgan fingerprint density at radius 2 is 2.23 bits per heavy atom. The summed E-state index contributed by atoms with van der Waals surface area (Å²) in [6.07, 6.45) is 5.59. The summed E-state index contributed by atoms with van der Waals surface area (Å²) in [4.78, 5) is 4.40. The van der Waals surface area contributed by atoms with Crippen molar-refractivity contribution in [2.75, 3.05) is 0 Å². The van der Waals surface area contributed by atoms with Gasteiger partial charge in [-0.2, -0.15) is 0 Å². The summed E-state index contributed by atoms with van der Waals surface area (Å²) >= 11 is 0. The fourth-order valence-corrected chi connectivity index (χ4v) is 1.66. The van der Waals surface area contributed by atoms with Gasteiger partial charge in [-0.25, -0.2) is 0 Å². The monoisotopic (exact) mass is 177 g/mol. The predicted octanol–water partition coefficient (Wildman–Crippen LogP) is 3.37. The average molecular weight is 177 g/mol. The van der Waals surface area contributed by atoms with E-state index in [0.717, 1.165) is 12.3 Å². The maximum absolute atomic E-state index is 4.40. The highest BCUT2D eigenvalue weighted by molar-refractivity contribution is 5.17. The van der Waals surface area contributed by atoms with Crippen LogP contribution in [0.25, 0.3) is 0 Å². The molecular formula is C12H19N. The van der Waals surface area contributed by atoms with Crippen LogP contribution in [0.3, 0.4) is 0 Å². The van der Waals surface area contributed by atoms with Gasteiger partial charge in [0.15, 0.2) is 0 Å². The fourth-order valence-electron chi connectivity index (χ4n) is 1.66. The van der Waals surface area contributed by atoms with Crippen LogP contribution in [0.1, 0.15) is 37.9 Å². The molecule has 0 aromatic carbocycles. The highest BCUT2D eigenvalue weighted by Gasteiger charge is 2.05. The first kappa shape index (κ1) is 10.2. The van der Waals surface area contributed by atoms with Crippen molar-refractivity contribution in [1.29, 1.82) is 0 Å². The van der Waals surface area contributed by atoms with Gasteiger partial charge in [-0.1, -0.05) is 32.8 Å². The molecule has 0 spiro atoms. The van der Waals surface area contributed by atoms with Crippen LogP contribution < -0.4 is 0 Å². The number of pyridine rings is 1. The third kappa shape index (κ3) is 3.17. The first-order chi connectivity index (χ1) is 6.24.